The van der Waals surface area contributed by atoms with Gasteiger partial charge >= 0.3 is 0 Å². The van der Waals surface area contributed by atoms with Crippen LogP contribution in [0.15, 0.2) is 0 Å². The number of ether oxygens (including phenoxy) is 1. The predicted octanol–water partition coefficient (Wildman–Crippen LogP) is 2.19. The van der Waals surface area contributed by atoms with Crippen LogP contribution in [0.5, 0.6) is 0 Å². The second-order valence-electron chi connectivity index (χ2n) is 4.72. The molecule has 1 unspecified atom stereocenters. The molecule has 0 radical (unpaired) electrons. The van der Waals surface area contributed by atoms with Gasteiger partial charge in [-0.15, -0.1) is 0 Å². The minimum atomic E-state index is 0.789. The van der Waals surface area contributed by atoms with Gasteiger partial charge in [-0.05, 0) is 44.1 Å². The van der Waals surface area contributed by atoms with Gasteiger partial charge in [-0.3, -0.25) is 0 Å². The molecule has 0 spiro atoms. The molecule has 0 amide bonds. The zero-order valence-corrected chi connectivity index (χ0v) is 9.30. The van der Waals surface area contributed by atoms with E-state index >= 15 is 0 Å². The minimum Gasteiger partial charge on any atom is -0.381 e. The summed E-state index contributed by atoms with van der Waals surface area (Å²) < 4.78 is 5.43. The summed E-state index contributed by atoms with van der Waals surface area (Å²) in [7, 11) is 0. The fourth-order valence-electron chi connectivity index (χ4n) is 2.83. The molecule has 1 heterocycles. The maximum Gasteiger partial charge on any atom is 0.0469 e. The lowest BCUT2D eigenvalue weighted by atomic mass is 9.73. The Morgan fingerprint density at radius 3 is 2.29 bits per heavy atom. The molecule has 1 aliphatic carbocycles. The van der Waals surface area contributed by atoms with Crippen molar-refractivity contribution in [3.05, 3.63) is 0 Å². The van der Waals surface area contributed by atoms with E-state index in [1.54, 1.807) is 0 Å². The standard InChI is InChI=1S/C12H23NO/c1-2-13-12(10-4-3-5-10)11-6-8-14-9-7-11/h10-13H,2-9H2,1H3. The molecule has 0 aromatic carbocycles. The lowest BCUT2D eigenvalue weighted by Crippen LogP contribution is -2.46. The van der Waals surface area contributed by atoms with E-state index in [9.17, 15) is 0 Å². The van der Waals surface area contributed by atoms with Crippen molar-refractivity contribution in [1.29, 1.82) is 0 Å². The summed E-state index contributed by atoms with van der Waals surface area (Å²) >= 11 is 0. The molecule has 2 fully saturated rings. The largest absolute Gasteiger partial charge is 0.381 e. The average Bonchev–Trinajstić information content (AvgIpc) is 2.16. The van der Waals surface area contributed by atoms with Crippen LogP contribution in [0, 0.1) is 11.8 Å². The third-order valence-electron chi connectivity index (χ3n) is 3.87. The Labute approximate surface area is 87.4 Å². The Kier molecular flexibility index (Phi) is 3.82. The number of rotatable bonds is 4. The van der Waals surface area contributed by atoms with Crippen LogP contribution in [0.25, 0.3) is 0 Å². The van der Waals surface area contributed by atoms with E-state index < -0.39 is 0 Å². The van der Waals surface area contributed by atoms with E-state index in [0.29, 0.717) is 0 Å². The van der Waals surface area contributed by atoms with E-state index in [1.807, 2.05) is 0 Å². The molecule has 2 nitrogen and oxygen atoms in total. The van der Waals surface area contributed by atoms with Gasteiger partial charge in [0, 0.05) is 19.3 Å². The fraction of sp³-hybridized carbons (Fsp3) is 1.00. The summed E-state index contributed by atoms with van der Waals surface area (Å²) in [5.74, 6) is 1.85. The molecule has 2 heteroatoms. The highest BCUT2D eigenvalue weighted by Gasteiger charge is 2.33. The van der Waals surface area contributed by atoms with Crippen molar-refractivity contribution in [2.75, 3.05) is 19.8 Å². The summed E-state index contributed by atoms with van der Waals surface area (Å²) in [5.41, 5.74) is 0. The Morgan fingerprint density at radius 2 is 1.79 bits per heavy atom. The molecule has 82 valence electrons. The highest BCUT2D eigenvalue weighted by atomic mass is 16.5. The molecule has 1 N–H and O–H groups in total. The van der Waals surface area contributed by atoms with Crippen LogP contribution in [0.2, 0.25) is 0 Å². The van der Waals surface area contributed by atoms with Gasteiger partial charge in [0.25, 0.3) is 0 Å². The maximum absolute atomic E-state index is 5.43. The molecule has 1 aliphatic heterocycles. The van der Waals surface area contributed by atoms with Gasteiger partial charge in [-0.2, -0.15) is 0 Å². The summed E-state index contributed by atoms with van der Waals surface area (Å²) in [4.78, 5) is 0. The third-order valence-corrected chi connectivity index (χ3v) is 3.87. The molecule has 0 aromatic rings. The van der Waals surface area contributed by atoms with E-state index in [-0.39, 0.29) is 0 Å². The highest BCUT2D eigenvalue weighted by molar-refractivity contribution is 4.88. The minimum absolute atomic E-state index is 0.789. The van der Waals surface area contributed by atoms with Crippen LogP contribution in [0.4, 0.5) is 0 Å². The highest BCUT2D eigenvalue weighted by Crippen LogP contribution is 2.35. The summed E-state index contributed by atoms with van der Waals surface area (Å²) in [5, 5.41) is 3.70. The zero-order chi connectivity index (χ0) is 9.80. The normalized spacial score (nSPS) is 27.2. The van der Waals surface area contributed by atoms with E-state index in [1.165, 1.54) is 32.1 Å². The SMILES string of the molecule is CCNC(C1CCC1)C1CCOCC1. The number of nitrogens with one attached hydrogen (secondary N) is 1. The molecule has 2 rings (SSSR count). The van der Waals surface area contributed by atoms with Gasteiger partial charge < -0.3 is 10.1 Å². The van der Waals surface area contributed by atoms with Crippen molar-refractivity contribution in [2.45, 2.75) is 45.1 Å². The van der Waals surface area contributed by atoms with Crippen LogP contribution >= 0.6 is 0 Å². The monoisotopic (exact) mass is 197 g/mol. The first-order chi connectivity index (χ1) is 6.92. The van der Waals surface area contributed by atoms with Gasteiger partial charge in [0.2, 0.25) is 0 Å². The lowest BCUT2D eigenvalue weighted by molar-refractivity contribution is 0.0356. The Morgan fingerprint density at radius 1 is 1.14 bits per heavy atom. The Bertz CT molecular complexity index is 162. The van der Waals surface area contributed by atoms with E-state index in [4.69, 9.17) is 4.74 Å². The molecule has 0 aromatic heterocycles. The Hall–Kier alpha value is -0.0800. The van der Waals surface area contributed by atoms with Gasteiger partial charge in [0.05, 0.1) is 0 Å². The number of hydrogen-bond donors (Lipinski definition) is 1. The molecular formula is C12H23NO. The van der Waals surface area contributed by atoms with E-state index in [0.717, 1.165) is 37.6 Å². The molecule has 0 bridgehead atoms. The maximum atomic E-state index is 5.43. The first kappa shape index (κ1) is 10.4. The summed E-state index contributed by atoms with van der Waals surface area (Å²) in [6.07, 6.45) is 6.90. The lowest BCUT2D eigenvalue weighted by Gasteiger charge is -2.40. The van der Waals surface area contributed by atoms with Gasteiger partial charge in [0.15, 0.2) is 0 Å². The van der Waals surface area contributed by atoms with Crippen molar-refractivity contribution in [3.8, 4) is 0 Å². The first-order valence-corrected chi connectivity index (χ1v) is 6.23. The van der Waals surface area contributed by atoms with Crippen molar-refractivity contribution >= 4 is 0 Å². The first-order valence-electron chi connectivity index (χ1n) is 6.23. The number of hydrogen-bond acceptors (Lipinski definition) is 2. The van der Waals surface area contributed by atoms with Gasteiger partial charge in [0.1, 0.15) is 0 Å². The van der Waals surface area contributed by atoms with Crippen molar-refractivity contribution in [1.82, 2.24) is 5.32 Å². The van der Waals surface area contributed by atoms with Crippen molar-refractivity contribution in [2.24, 2.45) is 11.8 Å². The molecule has 1 atom stereocenters. The molecule has 1 saturated carbocycles. The predicted molar refractivity (Wildman–Crippen MR) is 58.3 cm³/mol. The third kappa shape index (κ3) is 2.29. The summed E-state index contributed by atoms with van der Waals surface area (Å²) in [6, 6.07) is 0.789. The van der Waals surface area contributed by atoms with Crippen molar-refractivity contribution < 1.29 is 4.74 Å². The van der Waals surface area contributed by atoms with Crippen LogP contribution in [-0.4, -0.2) is 25.8 Å². The molecule has 14 heavy (non-hydrogen) atoms. The van der Waals surface area contributed by atoms with Crippen LogP contribution < -0.4 is 5.32 Å². The van der Waals surface area contributed by atoms with Crippen LogP contribution in [0.3, 0.4) is 0 Å². The fourth-order valence-corrected chi connectivity index (χ4v) is 2.83. The quantitative estimate of drug-likeness (QED) is 0.746. The van der Waals surface area contributed by atoms with E-state index in [2.05, 4.69) is 12.2 Å². The van der Waals surface area contributed by atoms with Crippen LogP contribution in [0.1, 0.15) is 39.0 Å². The zero-order valence-electron chi connectivity index (χ0n) is 9.30. The van der Waals surface area contributed by atoms with Crippen molar-refractivity contribution in [3.63, 3.8) is 0 Å². The average molecular weight is 197 g/mol. The molecular weight excluding hydrogens is 174 g/mol. The summed E-state index contributed by atoms with van der Waals surface area (Å²) in [6.45, 7) is 5.32. The Balaban J connectivity index is 1.86. The topological polar surface area (TPSA) is 21.3 Å². The van der Waals surface area contributed by atoms with Crippen LogP contribution in [-0.2, 0) is 4.74 Å². The molecule has 2 aliphatic rings. The second kappa shape index (κ2) is 5.13. The second-order valence-corrected chi connectivity index (χ2v) is 4.72. The van der Waals surface area contributed by atoms with Gasteiger partial charge in [-0.1, -0.05) is 13.3 Å². The molecule has 1 saturated heterocycles. The smallest absolute Gasteiger partial charge is 0.0469 e. The van der Waals surface area contributed by atoms with Gasteiger partial charge in [-0.25, -0.2) is 0 Å².